The number of aromatic nitrogens is 2. The lowest BCUT2D eigenvalue weighted by Gasteiger charge is -2.32. The van der Waals surface area contributed by atoms with Crippen LogP contribution in [-0.4, -0.2) is 41.4 Å². The Morgan fingerprint density at radius 1 is 1.17 bits per heavy atom. The first-order chi connectivity index (χ1) is 14.0. The molecule has 1 saturated heterocycles. The lowest BCUT2D eigenvalue weighted by molar-refractivity contribution is -0.120. The summed E-state index contributed by atoms with van der Waals surface area (Å²) in [5, 5.41) is 12.1. The third-order valence-electron chi connectivity index (χ3n) is 4.71. The van der Waals surface area contributed by atoms with E-state index in [0.29, 0.717) is 25.3 Å². The van der Waals surface area contributed by atoms with Crippen molar-refractivity contribution in [1.82, 2.24) is 14.5 Å². The first-order valence-electron chi connectivity index (χ1n) is 9.26. The van der Waals surface area contributed by atoms with Crippen LogP contribution in [0.5, 0.6) is 0 Å². The zero-order valence-corrected chi connectivity index (χ0v) is 17.2. The topological polar surface area (TPSA) is 105 Å². The number of nitrogens with one attached hydrogen (secondary N) is 1. The molecule has 8 nitrogen and oxygen atoms in total. The molecule has 0 spiro atoms. The third kappa shape index (κ3) is 4.39. The Bertz CT molecular complexity index is 1060. The minimum absolute atomic E-state index is 0.0278. The van der Waals surface area contributed by atoms with E-state index in [0.717, 1.165) is 29.7 Å². The summed E-state index contributed by atoms with van der Waals surface area (Å²) in [6.07, 6.45) is 2.39. The maximum atomic E-state index is 12.9. The molecule has 2 aromatic heterocycles. The summed E-state index contributed by atoms with van der Waals surface area (Å²) in [5.41, 5.74) is 1.01. The number of rotatable bonds is 6. The van der Waals surface area contributed by atoms with Gasteiger partial charge in [0.25, 0.3) is 10.0 Å². The Morgan fingerprint density at radius 2 is 2.00 bits per heavy atom. The van der Waals surface area contributed by atoms with Crippen LogP contribution in [0.3, 0.4) is 0 Å². The van der Waals surface area contributed by atoms with Crippen LogP contribution < -0.4 is 5.32 Å². The second kappa shape index (κ2) is 8.44. The molecule has 1 aliphatic heterocycles. The molecule has 1 amide bonds. The van der Waals surface area contributed by atoms with Crippen molar-refractivity contribution < 1.29 is 17.6 Å². The number of hydrogen-bond acceptors (Lipinski definition) is 7. The predicted molar refractivity (Wildman–Crippen MR) is 108 cm³/mol. The van der Waals surface area contributed by atoms with E-state index in [4.69, 9.17) is 4.42 Å². The number of amides is 1. The van der Waals surface area contributed by atoms with Crippen LogP contribution in [0.1, 0.15) is 30.7 Å². The van der Waals surface area contributed by atoms with E-state index in [1.54, 1.807) is 17.5 Å². The molecule has 3 aromatic rings. The number of carbonyl (C=O) groups excluding carboxylic acids is 1. The lowest BCUT2D eigenvalue weighted by atomic mass is 10.0. The van der Waals surface area contributed by atoms with Crippen molar-refractivity contribution in [3.05, 3.63) is 59.3 Å². The average Bonchev–Trinajstić information content (AvgIpc) is 3.42. The van der Waals surface area contributed by atoms with Crippen molar-refractivity contribution in [2.45, 2.75) is 35.9 Å². The summed E-state index contributed by atoms with van der Waals surface area (Å²) in [6.45, 7) is 0.307. The Labute approximate surface area is 172 Å². The molecule has 0 radical (unpaired) electrons. The largest absolute Gasteiger partial charge is 0.407 e. The van der Waals surface area contributed by atoms with Crippen molar-refractivity contribution in [3.63, 3.8) is 0 Å². The van der Waals surface area contributed by atoms with Gasteiger partial charge in [-0.05, 0) is 29.9 Å². The molecule has 1 aliphatic rings. The van der Waals surface area contributed by atoms with E-state index in [-0.39, 0.29) is 10.2 Å². The Balaban J connectivity index is 1.47. The number of hydrogen-bond donors (Lipinski definition) is 1. The van der Waals surface area contributed by atoms with Gasteiger partial charge in [-0.1, -0.05) is 47.9 Å². The van der Waals surface area contributed by atoms with Crippen molar-refractivity contribution in [2.75, 3.05) is 11.9 Å². The van der Waals surface area contributed by atoms with Gasteiger partial charge < -0.3 is 4.42 Å². The predicted octanol–water partition coefficient (Wildman–Crippen LogP) is 2.90. The van der Waals surface area contributed by atoms with Crippen LogP contribution in [-0.2, 0) is 21.2 Å². The molecule has 152 valence electrons. The van der Waals surface area contributed by atoms with Gasteiger partial charge in [-0.3, -0.25) is 10.1 Å². The van der Waals surface area contributed by atoms with Gasteiger partial charge in [0, 0.05) is 6.54 Å². The molecule has 4 rings (SSSR count). The minimum Gasteiger partial charge on any atom is -0.407 e. The second-order valence-electron chi connectivity index (χ2n) is 6.71. The lowest BCUT2D eigenvalue weighted by Crippen LogP contribution is -2.49. The number of sulfonamides is 1. The summed E-state index contributed by atoms with van der Waals surface area (Å²) in [4.78, 5) is 12.8. The average molecular weight is 433 g/mol. The van der Waals surface area contributed by atoms with Gasteiger partial charge in [0.1, 0.15) is 10.3 Å². The number of nitrogens with zero attached hydrogens (tertiary/aromatic N) is 3. The first-order valence-corrected chi connectivity index (χ1v) is 11.6. The zero-order valence-electron chi connectivity index (χ0n) is 15.5. The summed E-state index contributed by atoms with van der Waals surface area (Å²) in [6, 6.07) is 12.0. The smallest absolute Gasteiger partial charge is 0.322 e. The SMILES string of the molecule is O=C(Nc1nnc(Cc2ccccc2)o1)C1CCCCN1S(=O)(=O)c1cccs1. The second-order valence-corrected chi connectivity index (χ2v) is 9.78. The van der Waals surface area contributed by atoms with Crippen molar-refractivity contribution >= 4 is 33.3 Å². The minimum atomic E-state index is -3.72. The molecule has 0 bridgehead atoms. The van der Waals surface area contributed by atoms with Crippen LogP contribution >= 0.6 is 11.3 Å². The van der Waals surface area contributed by atoms with Gasteiger partial charge in [0.15, 0.2) is 0 Å². The highest BCUT2D eigenvalue weighted by Gasteiger charge is 2.38. The van der Waals surface area contributed by atoms with E-state index >= 15 is 0 Å². The molecule has 10 heteroatoms. The van der Waals surface area contributed by atoms with E-state index in [9.17, 15) is 13.2 Å². The van der Waals surface area contributed by atoms with E-state index in [1.807, 2.05) is 30.3 Å². The number of benzene rings is 1. The summed E-state index contributed by atoms with van der Waals surface area (Å²) < 4.78 is 32.9. The van der Waals surface area contributed by atoms with Crippen LogP contribution in [0.2, 0.25) is 0 Å². The monoisotopic (exact) mass is 432 g/mol. The van der Waals surface area contributed by atoms with Gasteiger partial charge in [-0.15, -0.1) is 16.4 Å². The van der Waals surface area contributed by atoms with Crippen LogP contribution in [0.25, 0.3) is 0 Å². The summed E-state index contributed by atoms with van der Waals surface area (Å²) in [5.74, 6) is -0.0852. The normalized spacial score (nSPS) is 17.9. The molecule has 0 aliphatic carbocycles. The van der Waals surface area contributed by atoms with Gasteiger partial charge in [-0.2, -0.15) is 4.31 Å². The fraction of sp³-hybridized carbons (Fsp3) is 0.316. The van der Waals surface area contributed by atoms with E-state index in [2.05, 4.69) is 15.5 Å². The zero-order chi connectivity index (χ0) is 20.3. The highest BCUT2D eigenvalue weighted by Crippen LogP contribution is 2.28. The fourth-order valence-corrected chi connectivity index (χ4v) is 6.09. The molecule has 1 N–H and O–H groups in total. The first kappa shape index (κ1) is 19.7. The van der Waals surface area contributed by atoms with Crippen LogP contribution in [0, 0.1) is 0 Å². The standard InChI is InChI=1S/C19H20N4O4S2/c24-18(20-19-22-21-16(27-19)13-14-7-2-1-3-8-14)15-9-4-5-11-23(15)29(25,26)17-10-6-12-28-17/h1-3,6-8,10,12,15H,4-5,9,11,13H2,(H,20,22,24). The maximum absolute atomic E-state index is 12.9. The van der Waals surface area contributed by atoms with Gasteiger partial charge >= 0.3 is 6.01 Å². The van der Waals surface area contributed by atoms with Crippen molar-refractivity contribution in [1.29, 1.82) is 0 Å². The van der Waals surface area contributed by atoms with E-state index < -0.39 is 22.0 Å². The Hall–Kier alpha value is -2.56. The molecule has 3 heterocycles. The molecule has 1 aromatic carbocycles. The third-order valence-corrected chi connectivity index (χ3v) is 7.99. The molecular weight excluding hydrogens is 412 g/mol. The van der Waals surface area contributed by atoms with E-state index in [1.165, 1.54) is 4.31 Å². The van der Waals surface area contributed by atoms with Gasteiger partial charge in [-0.25, -0.2) is 8.42 Å². The molecule has 0 saturated carbocycles. The quantitative estimate of drug-likeness (QED) is 0.642. The number of carbonyl (C=O) groups is 1. The van der Waals surface area contributed by atoms with Crippen molar-refractivity contribution in [3.8, 4) is 0 Å². The van der Waals surface area contributed by atoms with Gasteiger partial charge in [0.05, 0.1) is 6.42 Å². The maximum Gasteiger partial charge on any atom is 0.322 e. The molecule has 1 atom stereocenters. The highest BCUT2D eigenvalue weighted by molar-refractivity contribution is 7.91. The Morgan fingerprint density at radius 3 is 2.76 bits per heavy atom. The summed E-state index contributed by atoms with van der Waals surface area (Å²) >= 11 is 1.14. The molecule has 1 unspecified atom stereocenters. The van der Waals surface area contributed by atoms with Crippen LogP contribution in [0.4, 0.5) is 6.01 Å². The molecule has 29 heavy (non-hydrogen) atoms. The Kier molecular flexibility index (Phi) is 5.74. The van der Waals surface area contributed by atoms with Gasteiger partial charge in [0.2, 0.25) is 11.8 Å². The van der Waals surface area contributed by atoms with Crippen molar-refractivity contribution in [2.24, 2.45) is 0 Å². The number of thiophene rings is 1. The number of piperidine rings is 1. The highest BCUT2D eigenvalue weighted by atomic mass is 32.2. The number of anilines is 1. The molecule has 1 fully saturated rings. The molecular formula is C19H20N4O4S2. The summed E-state index contributed by atoms with van der Waals surface area (Å²) in [7, 11) is -3.72. The fourth-order valence-electron chi connectivity index (χ4n) is 3.32. The van der Waals surface area contributed by atoms with Crippen LogP contribution in [0.15, 0.2) is 56.5 Å².